The Balaban J connectivity index is 1.13. The molecule has 3 aliphatic heterocycles. The van der Waals surface area contributed by atoms with Gasteiger partial charge in [-0.15, -0.1) is 0 Å². The molecule has 3 heterocycles. The van der Waals surface area contributed by atoms with Crippen molar-refractivity contribution < 1.29 is 114 Å². The van der Waals surface area contributed by atoms with E-state index in [1.54, 1.807) is 0 Å². The maximum absolute atomic E-state index is 14.2. The zero-order valence-corrected chi connectivity index (χ0v) is 36.5. The van der Waals surface area contributed by atoms with Gasteiger partial charge in [0.15, 0.2) is 12.6 Å². The van der Waals surface area contributed by atoms with Crippen molar-refractivity contribution in [3.05, 3.63) is 12.2 Å². The second kappa shape index (κ2) is 20.0. The van der Waals surface area contributed by atoms with Crippen molar-refractivity contribution in [2.45, 2.75) is 182 Å². The highest BCUT2D eigenvalue weighted by Gasteiger charge is 2.69. The first-order valence-corrected chi connectivity index (χ1v) is 22.4. The van der Waals surface area contributed by atoms with Crippen molar-refractivity contribution in [1.29, 1.82) is 0 Å². The van der Waals surface area contributed by atoms with Crippen LogP contribution >= 0.6 is 0 Å². The minimum Gasteiger partial charge on any atom is -0.432 e. The number of esters is 1. The molecule has 7 aliphatic rings. The van der Waals surface area contributed by atoms with Crippen molar-refractivity contribution in [3.8, 4) is 0 Å². The maximum atomic E-state index is 14.2. The molecule has 0 radical (unpaired) electrons. The van der Waals surface area contributed by atoms with Crippen LogP contribution < -0.4 is 0 Å². The molecule has 17 unspecified atom stereocenters. The molecule has 23 atom stereocenters. The number of ether oxygens (including phenoxy) is 7. The molecule has 4 saturated carbocycles. The summed E-state index contributed by atoms with van der Waals surface area (Å²) in [6, 6.07) is 0. The average molecular weight is 941 g/mol. The summed E-state index contributed by atoms with van der Waals surface area (Å²) < 4.78 is 41.7. The highest BCUT2D eigenvalue weighted by Crippen LogP contribution is 2.73. The highest BCUT2D eigenvalue weighted by atomic mass is 17.2. The van der Waals surface area contributed by atoms with Crippen molar-refractivity contribution >= 4 is 5.97 Å². The van der Waals surface area contributed by atoms with Gasteiger partial charge in [-0.05, 0) is 86.5 Å². The van der Waals surface area contributed by atoms with Gasteiger partial charge in [0, 0.05) is 0 Å². The van der Waals surface area contributed by atoms with E-state index in [9.17, 15) is 66.1 Å². The molecule has 0 amide bonds. The largest absolute Gasteiger partial charge is 0.432 e. The lowest BCUT2D eigenvalue weighted by atomic mass is 9.41. The van der Waals surface area contributed by atoms with E-state index in [2.05, 4.69) is 13.5 Å². The van der Waals surface area contributed by atoms with E-state index in [1.807, 2.05) is 6.92 Å². The first-order valence-electron chi connectivity index (χ1n) is 22.4. The molecular formula is C42H68O23. The van der Waals surface area contributed by atoms with E-state index in [1.165, 1.54) is 0 Å². The third-order valence-corrected chi connectivity index (χ3v) is 15.8. The number of aliphatic hydroxyl groups is 13. The number of aliphatic hydroxyl groups excluding tert-OH is 13. The first-order chi connectivity index (χ1) is 30.7. The van der Waals surface area contributed by atoms with Crippen molar-refractivity contribution in [2.24, 2.45) is 28.1 Å². The predicted molar refractivity (Wildman–Crippen MR) is 211 cm³/mol. The summed E-state index contributed by atoms with van der Waals surface area (Å²) in [7, 11) is 0. The van der Waals surface area contributed by atoms with Crippen LogP contribution in [0, 0.1) is 28.1 Å². The van der Waals surface area contributed by atoms with Crippen molar-refractivity contribution in [3.63, 3.8) is 0 Å². The summed E-state index contributed by atoms with van der Waals surface area (Å²) in [6.07, 6.45) is -21.3. The van der Waals surface area contributed by atoms with Gasteiger partial charge < -0.3 is 99.5 Å². The minimum atomic E-state index is -2.30. The summed E-state index contributed by atoms with van der Waals surface area (Å²) in [4.78, 5) is 23.9. The molecule has 4 aliphatic carbocycles. The van der Waals surface area contributed by atoms with E-state index >= 15 is 0 Å². The summed E-state index contributed by atoms with van der Waals surface area (Å²) in [5.41, 5.74) is -2.24. The molecule has 65 heavy (non-hydrogen) atoms. The van der Waals surface area contributed by atoms with Gasteiger partial charge in [0.25, 0.3) is 6.48 Å². The van der Waals surface area contributed by atoms with E-state index in [0.29, 0.717) is 56.9 Å². The van der Waals surface area contributed by atoms with E-state index < -0.39 is 166 Å². The molecule has 0 aromatic heterocycles. The average Bonchev–Trinajstić information content (AvgIpc) is 3.47. The zero-order chi connectivity index (χ0) is 47.4. The Hall–Kier alpha value is -1.63. The van der Waals surface area contributed by atoms with Crippen LogP contribution in [0.15, 0.2) is 12.2 Å². The molecule has 23 heteroatoms. The van der Waals surface area contributed by atoms with Crippen LogP contribution in [0.3, 0.4) is 0 Å². The lowest BCUT2D eigenvalue weighted by Crippen LogP contribution is -2.66. The van der Waals surface area contributed by atoms with Gasteiger partial charge in [-0.3, -0.25) is 4.79 Å². The summed E-state index contributed by atoms with van der Waals surface area (Å²) in [6.45, 7) is 2.65. The normalized spacial score (nSPS) is 49.7. The molecule has 3 saturated heterocycles. The first kappa shape index (κ1) is 51.2. The maximum Gasteiger partial charge on any atom is 0.314 e. The molecule has 0 aromatic rings. The van der Waals surface area contributed by atoms with E-state index in [0.717, 1.165) is 6.42 Å². The molecule has 13 N–H and O–H groups in total. The van der Waals surface area contributed by atoms with Gasteiger partial charge in [-0.1, -0.05) is 19.9 Å². The fraction of sp³-hybridized carbons (Fsp3) is 0.929. The molecule has 7 rings (SSSR count). The second-order valence-corrected chi connectivity index (χ2v) is 19.6. The smallest absolute Gasteiger partial charge is 0.314 e. The Bertz CT molecular complexity index is 1640. The van der Waals surface area contributed by atoms with Crippen LogP contribution in [0.5, 0.6) is 0 Å². The number of rotatable bonds is 16. The molecular weight excluding hydrogens is 872 g/mol. The van der Waals surface area contributed by atoms with E-state index in [-0.39, 0.29) is 11.8 Å². The number of carbonyl (C=O) groups is 1. The predicted octanol–water partition coefficient (Wildman–Crippen LogP) is -4.34. The molecule has 23 nitrogen and oxygen atoms in total. The fourth-order valence-corrected chi connectivity index (χ4v) is 12.5. The second-order valence-electron chi connectivity index (χ2n) is 19.6. The number of hydrogen-bond donors (Lipinski definition) is 13. The van der Waals surface area contributed by atoms with Crippen LogP contribution in [0.1, 0.15) is 71.6 Å². The minimum absolute atomic E-state index is 0.0413. The van der Waals surface area contributed by atoms with Crippen LogP contribution in [0.2, 0.25) is 0 Å². The topological polar surface area (TPSA) is 363 Å². The van der Waals surface area contributed by atoms with Gasteiger partial charge in [-0.25, -0.2) is 4.89 Å². The summed E-state index contributed by atoms with van der Waals surface area (Å²) in [5.74, 6) is -0.770. The number of hydrogen-bond acceptors (Lipinski definition) is 23. The van der Waals surface area contributed by atoms with Crippen molar-refractivity contribution in [2.75, 3.05) is 33.0 Å². The van der Waals surface area contributed by atoms with Crippen molar-refractivity contribution in [1.82, 2.24) is 0 Å². The molecule has 0 aromatic carbocycles. The van der Waals surface area contributed by atoms with Gasteiger partial charge in [0.05, 0.1) is 37.4 Å². The third kappa shape index (κ3) is 9.30. The van der Waals surface area contributed by atoms with E-state index in [4.69, 9.17) is 48.0 Å². The molecule has 1 spiro atoms. The van der Waals surface area contributed by atoms with Crippen LogP contribution in [-0.2, 0) is 47.7 Å². The summed E-state index contributed by atoms with van der Waals surface area (Å²) >= 11 is 0. The SMILES string of the molecule is C=C1C[C@@]23CC[C@H]4[C@@](C)(CCC[C@@]4(C)C(=O)OC4OC(CO)C(O)C(O)C4O)[C@@H]2CC[C@]1(OC1OC(CO)C(O)C(OC2OC(CO)C(O)C(O)C2O)C1OC(O)OOCC(O)CO)C3. The standard InChI is InChI=1S/C42H68O23/c1-18-11-41-9-5-23-39(2,7-4-8-40(23,3)37(55)63-35-31(54)29(52)26(49)21(14-45)59-35)24(41)6-10-42(18,17-41)64-36-33(62-38(56)65-57-16-19(47)12-43)32(27(50)22(15-46)60-36)61-34-30(53)28(51)25(48)20(13-44)58-34/h19-36,38,43-54,56H,1,4-17H2,2-3H3/t19?,20?,21?,22?,23-,24-,25?,26?,27?,28?,29?,30?,31?,32?,33?,34?,35?,36?,38?,39+,40+,41+,42-/m0/s1. The Morgan fingerprint density at radius 1 is 0.723 bits per heavy atom. The Morgan fingerprint density at radius 3 is 1.94 bits per heavy atom. The van der Waals surface area contributed by atoms with Gasteiger partial charge in [-0.2, -0.15) is 4.89 Å². The lowest BCUT2D eigenvalue weighted by Gasteiger charge is -2.64. The van der Waals surface area contributed by atoms with Crippen LogP contribution in [0.25, 0.3) is 0 Å². The quantitative estimate of drug-likeness (QED) is 0.0174. The monoisotopic (exact) mass is 940 g/mol. The van der Waals surface area contributed by atoms with Gasteiger partial charge >= 0.3 is 5.97 Å². The lowest BCUT2D eigenvalue weighted by molar-refractivity contribution is -0.468. The number of carbonyl (C=O) groups excluding carboxylic acids is 1. The van der Waals surface area contributed by atoms with Crippen LogP contribution in [-0.4, -0.2) is 216 Å². The van der Waals surface area contributed by atoms with Crippen LogP contribution in [0.4, 0.5) is 0 Å². The van der Waals surface area contributed by atoms with Gasteiger partial charge in [0.2, 0.25) is 6.29 Å². The Morgan fingerprint density at radius 2 is 1.31 bits per heavy atom. The Kier molecular flexibility index (Phi) is 15.8. The molecule has 2 bridgehead atoms. The summed E-state index contributed by atoms with van der Waals surface area (Å²) in [5, 5.41) is 134. The Labute approximate surface area is 374 Å². The van der Waals surface area contributed by atoms with Gasteiger partial charge in [0.1, 0.15) is 86.0 Å². The highest BCUT2D eigenvalue weighted by molar-refractivity contribution is 5.77. The third-order valence-electron chi connectivity index (χ3n) is 15.8. The molecule has 374 valence electrons. The zero-order valence-electron chi connectivity index (χ0n) is 36.5. The molecule has 7 fully saturated rings. The number of fused-ring (bicyclic) bond motifs is 3. The fourth-order valence-electron chi connectivity index (χ4n) is 12.5.